The van der Waals surface area contributed by atoms with E-state index in [0.717, 1.165) is 32.1 Å². The Morgan fingerprint density at radius 1 is 0.625 bits per heavy atom. The number of carboxylic acid groups (broad SMARTS) is 1. The topological polar surface area (TPSA) is 291 Å². The maximum Gasteiger partial charge on any atom is 0.412 e. The molecule has 0 radical (unpaired) electrons. The molecule has 0 spiro atoms. The zero-order chi connectivity index (χ0) is 74.7. The first-order valence-corrected chi connectivity index (χ1v) is 36.3. The van der Waals surface area contributed by atoms with Crippen molar-refractivity contribution < 1.29 is 62.8 Å². The van der Waals surface area contributed by atoms with Gasteiger partial charge in [0.05, 0.1) is 35.5 Å². The van der Waals surface area contributed by atoms with Crippen LogP contribution in [-0.4, -0.2) is 146 Å². The van der Waals surface area contributed by atoms with E-state index in [-0.39, 0.29) is 25.1 Å². The predicted molar refractivity (Wildman–Crippen MR) is 397 cm³/mol. The van der Waals surface area contributed by atoms with Crippen molar-refractivity contribution in [3.05, 3.63) is 245 Å². The number of ketones is 1. The molecular weight excluding hydrogens is 1340 g/mol. The molecule has 22 heteroatoms. The molecule has 0 bridgehead atoms. The van der Waals surface area contributed by atoms with E-state index in [0.29, 0.717) is 34.4 Å². The number of carboxylic acids is 1. The number of fused-ring (bicyclic) bond motifs is 3. The van der Waals surface area contributed by atoms with Gasteiger partial charge in [-0.15, -0.1) is 11.8 Å². The Kier molecular flexibility index (Phi) is 24.0. The molecule has 0 aromatic heterocycles. The minimum Gasteiger partial charge on any atom is -0.480 e. The molecule has 2 fully saturated rings. The summed E-state index contributed by atoms with van der Waals surface area (Å²) in [4.78, 5) is 134. The number of nitrogens with zero attached hydrogens (tertiary/aromatic N) is 2. The van der Waals surface area contributed by atoms with Crippen molar-refractivity contribution in [2.45, 2.75) is 170 Å². The van der Waals surface area contributed by atoms with Gasteiger partial charge in [-0.2, -0.15) is 0 Å². The summed E-state index contributed by atoms with van der Waals surface area (Å²) < 4.78 is 11.0. The van der Waals surface area contributed by atoms with Gasteiger partial charge in [-0.05, 0) is 99.4 Å². The van der Waals surface area contributed by atoms with Crippen LogP contribution in [0.5, 0.6) is 0 Å². The van der Waals surface area contributed by atoms with E-state index in [1.54, 1.807) is 33.8 Å². The lowest BCUT2D eigenvalue weighted by Gasteiger charge is -2.38. The number of aliphatic carboxylic acids is 1. The molecule has 2 unspecified atom stereocenters. The highest BCUT2D eigenvalue weighted by molar-refractivity contribution is 8.00. The fourth-order valence-electron chi connectivity index (χ4n) is 14.3. The number of aliphatic hydroxyl groups is 1. The standard InChI is InChI=1S/C82H94N8O13S/c1-10-53(3)71(87-70(94)49-83-73(96)66-48-80(101)61-42-41-52(2)45-62(61)86-76(80)90(66)77(100)103-79(7,8)9)67(91)43-44-68(92)84-64(51-104-82(57-35-23-14-24-36-57,58-37-25-15-26-38-58)59-39-27-16-28-40-59)72(95)85-63(74(97)89-50-60(102-78(4,5)6)46-65(89)75(98)99)47-69(93)88-81(54-29-17-11-18-30-54,55-31-19-12-20-32-55)56-33-21-13-22-34-56/h11-42,45,53,60,63-66,71,76,86,101H,10,43-44,46-51H2,1-9H3,(H,83,96)(H,84,92)(H,85,95)(H,87,94)(H,88,93)(H,98,99)/t53-,60+,63-,64-,65-,66?,71-,76?,80-/m0/s1. The predicted octanol–water partition coefficient (Wildman–Crippen LogP) is 10.0. The number of carbonyl (C=O) groups is 9. The zero-order valence-corrected chi connectivity index (χ0v) is 61.0. The van der Waals surface area contributed by atoms with Crippen LogP contribution in [0.2, 0.25) is 0 Å². The van der Waals surface area contributed by atoms with Crippen molar-refractivity contribution >= 4 is 70.7 Å². The van der Waals surface area contributed by atoms with Crippen LogP contribution in [0.15, 0.2) is 200 Å². The Labute approximate surface area is 612 Å². The number of amides is 7. The molecule has 8 N–H and O–H groups in total. The van der Waals surface area contributed by atoms with Crippen LogP contribution in [0.4, 0.5) is 10.5 Å². The van der Waals surface area contributed by atoms with Crippen LogP contribution in [0.1, 0.15) is 138 Å². The molecule has 3 aliphatic rings. The minimum absolute atomic E-state index is 0.0892. The normalized spacial score (nSPS) is 19.0. The van der Waals surface area contributed by atoms with Gasteiger partial charge in [0.25, 0.3) is 0 Å². The number of ether oxygens (including phenoxy) is 2. The van der Waals surface area contributed by atoms with Crippen LogP contribution in [-0.2, 0) is 63.7 Å². The van der Waals surface area contributed by atoms with Crippen LogP contribution < -0.4 is 31.9 Å². The Morgan fingerprint density at radius 3 is 1.62 bits per heavy atom. The van der Waals surface area contributed by atoms with E-state index in [9.17, 15) is 39.0 Å². The molecule has 9 atom stereocenters. The van der Waals surface area contributed by atoms with Crippen molar-refractivity contribution in [2.24, 2.45) is 5.92 Å². The molecule has 10 rings (SSSR count). The lowest BCUT2D eigenvalue weighted by Crippen LogP contribution is -2.58. The maximum atomic E-state index is 15.9. The molecule has 546 valence electrons. The maximum absolute atomic E-state index is 15.9. The van der Waals surface area contributed by atoms with Crippen LogP contribution in [0, 0.1) is 12.8 Å². The average molecular weight is 1430 g/mol. The fraction of sp³-hybridized carbons (Fsp3) is 0.378. The van der Waals surface area contributed by atoms with Crippen LogP contribution in [0.25, 0.3) is 0 Å². The summed E-state index contributed by atoms with van der Waals surface area (Å²) in [5.41, 5.74) is 1.68. The van der Waals surface area contributed by atoms with Crippen LogP contribution in [0.3, 0.4) is 0 Å². The van der Waals surface area contributed by atoms with Crippen molar-refractivity contribution in [3.63, 3.8) is 0 Å². The van der Waals surface area contributed by atoms with Gasteiger partial charge in [-0.25, -0.2) is 9.59 Å². The van der Waals surface area contributed by atoms with Gasteiger partial charge in [0.15, 0.2) is 5.78 Å². The van der Waals surface area contributed by atoms with Crippen molar-refractivity contribution in [3.8, 4) is 0 Å². The SMILES string of the molecule is CC[C@H](C)[C@H](NC(=O)CNC(=O)C1C[C@]2(O)c3ccc(C)cc3NC2N1C(=O)OC(C)(C)C)C(=O)CCC(=O)N[C@@H](CSC(c1ccccc1)(c1ccccc1)c1ccccc1)C(=O)N[C@@H](CC(=O)NC(c1ccccc1)(c1ccccc1)c1ccccc1)C(=O)N1C[C@H](OC(C)(C)C)C[C@H]1C(=O)O. The molecule has 0 aliphatic carbocycles. The summed E-state index contributed by atoms with van der Waals surface area (Å²) in [6.45, 7) is 15.1. The first-order valence-electron chi connectivity index (χ1n) is 35.3. The van der Waals surface area contributed by atoms with Gasteiger partial charge in [0.2, 0.25) is 35.4 Å². The van der Waals surface area contributed by atoms with Gasteiger partial charge >= 0.3 is 12.1 Å². The highest BCUT2D eigenvalue weighted by atomic mass is 32.2. The second-order valence-electron chi connectivity index (χ2n) is 29.0. The van der Waals surface area contributed by atoms with Gasteiger partial charge in [0.1, 0.15) is 47.1 Å². The summed E-state index contributed by atoms with van der Waals surface area (Å²) in [5, 5.41) is 40.6. The summed E-state index contributed by atoms with van der Waals surface area (Å²) in [7, 11) is 0. The quantitative estimate of drug-likeness (QED) is 0.0212. The number of hydrogen-bond donors (Lipinski definition) is 8. The molecule has 0 saturated carbocycles. The second kappa shape index (κ2) is 32.7. The van der Waals surface area contributed by atoms with E-state index in [1.165, 1.54) is 11.8 Å². The van der Waals surface area contributed by atoms with Gasteiger partial charge < -0.3 is 56.5 Å². The number of likely N-dealkylation sites (tertiary alicyclic amines) is 2. The highest BCUT2D eigenvalue weighted by Crippen LogP contribution is 2.51. The average Bonchev–Trinajstić information content (AvgIpc) is 1.50. The molecular formula is C82H94N8O13S. The summed E-state index contributed by atoms with van der Waals surface area (Å²) in [6.07, 6.45) is -4.25. The van der Waals surface area contributed by atoms with Crippen LogP contribution >= 0.6 is 11.8 Å². The number of thioether (sulfide) groups is 1. The Hall–Kier alpha value is -10.2. The van der Waals surface area contributed by atoms with E-state index in [2.05, 4.69) is 31.9 Å². The summed E-state index contributed by atoms with van der Waals surface area (Å²) in [5.74, 6) is -7.32. The smallest absolute Gasteiger partial charge is 0.412 e. The number of rotatable bonds is 28. The minimum atomic E-state index is -1.76. The summed E-state index contributed by atoms with van der Waals surface area (Å²) in [6, 6.07) is 55.0. The second-order valence-corrected chi connectivity index (χ2v) is 30.3. The first-order chi connectivity index (χ1) is 49.5. The first kappa shape index (κ1) is 76.5. The molecule has 7 aromatic rings. The van der Waals surface area contributed by atoms with Crippen molar-refractivity contribution in [1.29, 1.82) is 0 Å². The van der Waals surface area contributed by atoms with E-state index < -0.39 is 155 Å². The third kappa shape index (κ3) is 17.4. The van der Waals surface area contributed by atoms with Gasteiger partial charge in [-0.3, -0.25) is 38.5 Å². The highest BCUT2D eigenvalue weighted by Gasteiger charge is 2.61. The number of nitrogens with one attached hydrogen (secondary N) is 6. The van der Waals surface area contributed by atoms with Gasteiger partial charge in [-0.1, -0.05) is 214 Å². The molecule has 3 aliphatic heterocycles. The number of anilines is 1. The number of Topliss-reactive ketones (excluding diaryl/α,β-unsaturated/α-hetero) is 1. The lowest BCUT2D eigenvalue weighted by molar-refractivity contribution is -0.150. The number of aryl methyl sites for hydroxylation is 1. The fourth-order valence-corrected chi connectivity index (χ4v) is 15.9. The molecule has 21 nitrogen and oxygen atoms in total. The number of carbonyl (C=O) groups excluding carboxylic acids is 8. The molecule has 7 amide bonds. The Morgan fingerprint density at radius 2 is 1.13 bits per heavy atom. The molecule has 2 saturated heterocycles. The zero-order valence-electron chi connectivity index (χ0n) is 60.2. The number of hydrogen-bond acceptors (Lipinski definition) is 14. The monoisotopic (exact) mass is 1430 g/mol. The lowest BCUT2D eigenvalue weighted by atomic mass is 9.77. The van der Waals surface area contributed by atoms with E-state index in [4.69, 9.17) is 9.47 Å². The van der Waals surface area contributed by atoms with E-state index >= 15 is 14.4 Å². The van der Waals surface area contributed by atoms with Crippen molar-refractivity contribution in [2.75, 3.05) is 24.2 Å². The third-order valence-electron chi connectivity index (χ3n) is 19.3. The third-order valence-corrected chi connectivity index (χ3v) is 20.9. The summed E-state index contributed by atoms with van der Waals surface area (Å²) >= 11 is 1.32. The van der Waals surface area contributed by atoms with E-state index in [1.807, 2.05) is 229 Å². The molecule has 7 aromatic carbocycles. The Balaban J connectivity index is 0.943. The van der Waals surface area contributed by atoms with Crippen molar-refractivity contribution in [1.82, 2.24) is 36.4 Å². The number of benzene rings is 7. The molecule has 104 heavy (non-hydrogen) atoms. The Bertz CT molecular complexity index is 4010. The largest absolute Gasteiger partial charge is 0.480 e. The van der Waals surface area contributed by atoms with Gasteiger partial charge in [0, 0.05) is 49.2 Å². The molecule has 3 heterocycles.